The molecule has 0 aliphatic heterocycles. The maximum Gasteiger partial charge on any atom is 0.508 e. The maximum absolute atomic E-state index is 9.26. The lowest BCUT2D eigenvalue weighted by atomic mass is 9.85. The predicted molar refractivity (Wildman–Crippen MR) is 83.9 cm³/mol. The molecule has 0 aliphatic rings. The molecule has 0 amide bonds. The number of nitrogens with zero attached hydrogens (tertiary/aromatic N) is 2. The minimum Gasteiger partial charge on any atom is -0.497 e. The third-order valence-electron chi connectivity index (χ3n) is 3.21. The van der Waals surface area contributed by atoms with Crippen LogP contribution in [0.15, 0.2) is 36.4 Å². The van der Waals surface area contributed by atoms with Crippen LogP contribution in [0, 0.1) is 6.92 Å². The average Bonchev–Trinajstić information content (AvgIpc) is 2.47. The van der Waals surface area contributed by atoms with Gasteiger partial charge in [-0.2, -0.15) is 0 Å². The molecule has 2 rings (SSSR count). The third kappa shape index (κ3) is 3.96. The average molecular weight is 286 g/mol. The molecule has 1 heterocycles. The smallest absolute Gasteiger partial charge is 0.497 e. The van der Waals surface area contributed by atoms with Crippen molar-refractivity contribution in [2.75, 3.05) is 19.1 Å². The number of rotatable bonds is 5. The Hall–Kier alpha value is -2.05. The Labute approximate surface area is 125 Å². The molecule has 1 aromatic heterocycles. The van der Waals surface area contributed by atoms with Gasteiger partial charge in [-0.15, -0.1) is 0 Å². The SMILES string of the molecule is COc1ccc(CN(C)c2cc(C)cc(B(O)O)n2)cc1. The fourth-order valence-electron chi connectivity index (χ4n) is 2.09. The Kier molecular flexibility index (Phi) is 4.83. The minimum atomic E-state index is -1.56. The lowest BCUT2D eigenvalue weighted by Gasteiger charge is -2.20. The normalized spacial score (nSPS) is 10.3. The highest BCUT2D eigenvalue weighted by Crippen LogP contribution is 2.16. The van der Waals surface area contributed by atoms with Crippen molar-refractivity contribution in [2.24, 2.45) is 0 Å². The first kappa shape index (κ1) is 15.3. The van der Waals surface area contributed by atoms with Gasteiger partial charge in [-0.1, -0.05) is 12.1 Å². The molecular formula is C15H19BN2O3. The van der Waals surface area contributed by atoms with Gasteiger partial charge >= 0.3 is 7.12 Å². The van der Waals surface area contributed by atoms with E-state index in [2.05, 4.69) is 4.98 Å². The van der Waals surface area contributed by atoms with Crippen molar-refractivity contribution in [2.45, 2.75) is 13.5 Å². The van der Waals surface area contributed by atoms with Crippen LogP contribution in [-0.4, -0.2) is 36.3 Å². The molecule has 0 spiro atoms. The van der Waals surface area contributed by atoms with Crippen molar-refractivity contribution in [1.29, 1.82) is 0 Å². The fraction of sp³-hybridized carbons (Fsp3) is 0.267. The molecule has 21 heavy (non-hydrogen) atoms. The van der Waals surface area contributed by atoms with Crippen LogP contribution in [0.1, 0.15) is 11.1 Å². The summed E-state index contributed by atoms with van der Waals surface area (Å²) in [5.41, 5.74) is 2.31. The molecule has 0 unspecified atom stereocenters. The Bertz CT molecular complexity index is 602. The highest BCUT2D eigenvalue weighted by molar-refractivity contribution is 6.57. The van der Waals surface area contributed by atoms with Crippen LogP contribution in [0.5, 0.6) is 5.75 Å². The van der Waals surface area contributed by atoms with Gasteiger partial charge in [0.15, 0.2) is 0 Å². The van der Waals surface area contributed by atoms with Crippen molar-refractivity contribution >= 4 is 18.5 Å². The fourth-order valence-corrected chi connectivity index (χ4v) is 2.09. The van der Waals surface area contributed by atoms with Gasteiger partial charge in [-0.25, -0.2) is 4.98 Å². The predicted octanol–water partition coefficient (Wildman–Crippen LogP) is 0.715. The second kappa shape index (κ2) is 6.60. The molecule has 5 nitrogen and oxygen atoms in total. The summed E-state index contributed by atoms with van der Waals surface area (Å²) in [6.07, 6.45) is 0. The van der Waals surface area contributed by atoms with E-state index in [1.807, 2.05) is 49.2 Å². The molecule has 1 aromatic carbocycles. The Morgan fingerprint density at radius 1 is 1.19 bits per heavy atom. The molecule has 2 N–H and O–H groups in total. The van der Waals surface area contributed by atoms with Gasteiger partial charge in [0.2, 0.25) is 0 Å². The molecule has 0 saturated heterocycles. The summed E-state index contributed by atoms with van der Waals surface area (Å²) in [5, 5.41) is 18.5. The van der Waals surface area contributed by atoms with E-state index in [0.29, 0.717) is 12.4 Å². The summed E-state index contributed by atoms with van der Waals surface area (Å²) in [6.45, 7) is 2.57. The number of hydrogen-bond donors (Lipinski definition) is 2. The van der Waals surface area contributed by atoms with E-state index < -0.39 is 7.12 Å². The summed E-state index contributed by atoms with van der Waals surface area (Å²) in [6, 6.07) is 11.4. The lowest BCUT2D eigenvalue weighted by molar-refractivity contribution is 0.414. The number of hydrogen-bond acceptors (Lipinski definition) is 5. The summed E-state index contributed by atoms with van der Waals surface area (Å²) >= 11 is 0. The van der Waals surface area contributed by atoms with Crippen LogP contribution in [0.2, 0.25) is 0 Å². The van der Waals surface area contributed by atoms with E-state index in [-0.39, 0.29) is 5.59 Å². The number of ether oxygens (including phenoxy) is 1. The van der Waals surface area contributed by atoms with Gasteiger partial charge in [0.25, 0.3) is 0 Å². The van der Waals surface area contributed by atoms with Crippen LogP contribution in [0.3, 0.4) is 0 Å². The van der Waals surface area contributed by atoms with Crippen molar-refractivity contribution in [1.82, 2.24) is 4.98 Å². The molecule has 0 bridgehead atoms. The van der Waals surface area contributed by atoms with Crippen molar-refractivity contribution in [3.05, 3.63) is 47.5 Å². The number of aryl methyl sites for hydroxylation is 1. The zero-order valence-electron chi connectivity index (χ0n) is 12.4. The molecule has 0 saturated carbocycles. The van der Waals surface area contributed by atoms with E-state index in [9.17, 15) is 10.0 Å². The minimum absolute atomic E-state index is 0.256. The van der Waals surface area contributed by atoms with Gasteiger partial charge in [0.05, 0.1) is 12.7 Å². The Balaban J connectivity index is 2.17. The van der Waals surface area contributed by atoms with Crippen molar-refractivity contribution < 1.29 is 14.8 Å². The molecule has 0 aliphatic carbocycles. The van der Waals surface area contributed by atoms with Gasteiger partial charge in [-0.3, -0.25) is 0 Å². The number of pyridine rings is 1. The third-order valence-corrected chi connectivity index (χ3v) is 3.21. The first-order valence-corrected chi connectivity index (χ1v) is 6.68. The molecule has 6 heteroatoms. The van der Waals surface area contributed by atoms with E-state index in [1.165, 1.54) is 0 Å². The Morgan fingerprint density at radius 3 is 2.43 bits per heavy atom. The van der Waals surface area contributed by atoms with Crippen LogP contribution in [-0.2, 0) is 6.54 Å². The summed E-state index contributed by atoms with van der Waals surface area (Å²) < 4.78 is 5.14. The highest BCUT2D eigenvalue weighted by atomic mass is 16.5. The van der Waals surface area contributed by atoms with Gasteiger partial charge in [-0.05, 0) is 42.3 Å². The summed E-state index contributed by atoms with van der Waals surface area (Å²) in [4.78, 5) is 6.22. The first-order valence-electron chi connectivity index (χ1n) is 6.68. The lowest BCUT2D eigenvalue weighted by Crippen LogP contribution is -2.34. The summed E-state index contributed by atoms with van der Waals surface area (Å²) in [7, 11) is 2.00. The molecular weight excluding hydrogens is 267 g/mol. The largest absolute Gasteiger partial charge is 0.508 e. The standard InChI is InChI=1S/C15H19BN2O3/c1-11-8-14(16(19)20)17-15(9-11)18(2)10-12-4-6-13(21-3)7-5-12/h4-9,19-20H,10H2,1-3H3. The number of aromatic nitrogens is 1. The second-order valence-electron chi connectivity index (χ2n) is 5.01. The van der Waals surface area contributed by atoms with Crippen molar-refractivity contribution in [3.63, 3.8) is 0 Å². The van der Waals surface area contributed by atoms with Gasteiger partial charge < -0.3 is 19.7 Å². The van der Waals surface area contributed by atoms with E-state index in [4.69, 9.17) is 4.74 Å². The maximum atomic E-state index is 9.26. The number of anilines is 1. The van der Waals surface area contributed by atoms with Crippen molar-refractivity contribution in [3.8, 4) is 5.75 Å². The van der Waals surface area contributed by atoms with Crippen LogP contribution >= 0.6 is 0 Å². The molecule has 110 valence electrons. The number of benzene rings is 1. The van der Waals surface area contributed by atoms with Crippen LogP contribution < -0.4 is 15.2 Å². The highest BCUT2D eigenvalue weighted by Gasteiger charge is 2.15. The van der Waals surface area contributed by atoms with Gasteiger partial charge in [0, 0.05) is 13.6 Å². The van der Waals surface area contributed by atoms with Gasteiger partial charge in [0.1, 0.15) is 11.6 Å². The van der Waals surface area contributed by atoms with Crippen LogP contribution in [0.25, 0.3) is 0 Å². The Morgan fingerprint density at radius 2 is 1.86 bits per heavy atom. The first-order chi connectivity index (χ1) is 9.99. The number of methoxy groups -OCH3 is 1. The zero-order chi connectivity index (χ0) is 15.4. The van der Waals surface area contributed by atoms with E-state index >= 15 is 0 Å². The second-order valence-corrected chi connectivity index (χ2v) is 5.01. The quantitative estimate of drug-likeness (QED) is 0.793. The zero-order valence-corrected chi connectivity index (χ0v) is 12.4. The van der Waals surface area contributed by atoms with Crippen LogP contribution in [0.4, 0.5) is 5.82 Å². The molecule has 2 aromatic rings. The monoisotopic (exact) mass is 286 g/mol. The topological polar surface area (TPSA) is 65.8 Å². The molecule has 0 radical (unpaired) electrons. The molecule has 0 fully saturated rings. The summed E-state index contributed by atoms with van der Waals surface area (Å²) in [5.74, 6) is 1.52. The molecule has 0 atom stereocenters. The van der Waals surface area contributed by atoms with E-state index in [1.54, 1.807) is 13.2 Å². The van der Waals surface area contributed by atoms with E-state index in [0.717, 1.165) is 16.9 Å².